The first-order chi connectivity index (χ1) is 15.4. The lowest BCUT2D eigenvalue weighted by atomic mass is 10.1. The second-order valence-electron chi connectivity index (χ2n) is 6.55. The van der Waals surface area contributed by atoms with E-state index >= 15 is 0 Å². The van der Waals surface area contributed by atoms with E-state index in [1.807, 2.05) is 18.2 Å². The molecule has 0 saturated heterocycles. The number of nitrogens with two attached hydrogens (primary N) is 1. The first-order valence-electron chi connectivity index (χ1n) is 8.99. The van der Waals surface area contributed by atoms with Crippen molar-refractivity contribution in [2.45, 2.75) is 4.90 Å². The quantitative estimate of drug-likeness (QED) is 0.483. The van der Waals surface area contributed by atoms with Crippen LogP contribution in [0.4, 0.5) is 17.6 Å². The summed E-state index contributed by atoms with van der Waals surface area (Å²) in [6, 6.07) is 19.6. The Morgan fingerprint density at radius 3 is 2.44 bits per heavy atom. The zero-order chi connectivity index (χ0) is 22.9. The molecule has 0 unspecified atom stereocenters. The van der Waals surface area contributed by atoms with Gasteiger partial charge in [-0.25, -0.2) is 0 Å². The lowest BCUT2D eigenvalue weighted by Crippen LogP contribution is -2.17. The van der Waals surface area contributed by atoms with Crippen LogP contribution in [0.5, 0.6) is 0 Å². The summed E-state index contributed by atoms with van der Waals surface area (Å²) in [6.45, 7) is 0. The lowest BCUT2D eigenvalue weighted by Gasteiger charge is -2.09. The molecule has 0 bridgehead atoms. The zero-order valence-electron chi connectivity index (χ0n) is 16.2. The van der Waals surface area contributed by atoms with Crippen molar-refractivity contribution in [3.05, 3.63) is 71.3 Å². The van der Waals surface area contributed by atoms with Gasteiger partial charge in [0.25, 0.3) is 10.0 Å². The van der Waals surface area contributed by atoms with Crippen LogP contribution >= 0.6 is 0 Å². The van der Waals surface area contributed by atoms with Crippen molar-refractivity contribution in [3.63, 3.8) is 0 Å². The molecule has 0 spiro atoms. The van der Waals surface area contributed by atoms with Crippen molar-refractivity contribution in [1.29, 1.82) is 15.8 Å². The van der Waals surface area contributed by atoms with Crippen LogP contribution in [-0.4, -0.2) is 22.6 Å². The zero-order valence-corrected chi connectivity index (χ0v) is 17.0. The summed E-state index contributed by atoms with van der Waals surface area (Å²) >= 11 is 0. The summed E-state index contributed by atoms with van der Waals surface area (Å²) in [5.41, 5.74) is 6.97. The van der Waals surface area contributed by atoms with Crippen molar-refractivity contribution in [2.75, 3.05) is 11.1 Å². The van der Waals surface area contributed by atoms with Crippen LogP contribution in [0.1, 0.15) is 16.7 Å². The molecule has 3 N–H and O–H groups in total. The van der Waals surface area contributed by atoms with Crippen LogP contribution in [-0.2, 0) is 10.0 Å². The molecule has 1 heterocycles. The highest BCUT2D eigenvalue weighted by Crippen LogP contribution is 2.27. The molecule has 4 aromatic rings. The molecule has 10 nitrogen and oxygen atoms in total. The monoisotopic (exact) mass is 440 g/mol. The normalized spacial score (nSPS) is 10.8. The summed E-state index contributed by atoms with van der Waals surface area (Å²) in [6.07, 6.45) is 0. The molecule has 0 amide bonds. The third-order valence-electron chi connectivity index (χ3n) is 4.59. The number of aromatic nitrogens is 3. The van der Waals surface area contributed by atoms with E-state index in [4.69, 9.17) is 21.5 Å². The third kappa shape index (κ3) is 3.43. The van der Waals surface area contributed by atoms with Gasteiger partial charge < -0.3 is 11.1 Å². The summed E-state index contributed by atoms with van der Waals surface area (Å²) in [7, 11) is -4.21. The van der Waals surface area contributed by atoms with E-state index in [1.165, 1.54) is 30.3 Å². The summed E-state index contributed by atoms with van der Waals surface area (Å²) in [5.74, 6) is -0.473. The van der Waals surface area contributed by atoms with Gasteiger partial charge in [-0.05, 0) is 41.8 Å². The summed E-state index contributed by atoms with van der Waals surface area (Å²) < 4.78 is 27.2. The van der Waals surface area contributed by atoms with Gasteiger partial charge in [-0.3, -0.25) is 0 Å². The average Bonchev–Trinajstić information content (AvgIpc) is 3.18. The van der Waals surface area contributed by atoms with Gasteiger partial charge in [0.05, 0.1) is 27.7 Å². The van der Waals surface area contributed by atoms with Gasteiger partial charge in [0.2, 0.25) is 11.9 Å². The van der Waals surface area contributed by atoms with Crippen LogP contribution in [0, 0.1) is 34.0 Å². The molecule has 0 saturated carbocycles. The van der Waals surface area contributed by atoms with Crippen LogP contribution in [0.3, 0.4) is 0 Å². The van der Waals surface area contributed by atoms with E-state index in [0.29, 0.717) is 26.1 Å². The SMILES string of the molecule is N#Cc1ccc2c(S(=O)(=O)n3nc(Nc4ccc(C#N)c(C#N)c4)nc3N)cccc2c1. The predicted octanol–water partition coefficient (Wildman–Crippen LogP) is 2.61. The molecular weight excluding hydrogens is 428 g/mol. The Labute approximate surface area is 182 Å². The molecular formula is C21H12N8O2S. The number of rotatable bonds is 4. The molecule has 4 rings (SSSR count). The maximum absolute atomic E-state index is 13.3. The highest BCUT2D eigenvalue weighted by Gasteiger charge is 2.25. The number of benzene rings is 3. The Morgan fingerprint density at radius 1 is 0.938 bits per heavy atom. The number of nitrogens with one attached hydrogen (secondary N) is 1. The van der Waals surface area contributed by atoms with Gasteiger partial charge in [-0.15, -0.1) is 9.19 Å². The van der Waals surface area contributed by atoms with Crippen LogP contribution in [0.25, 0.3) is 10.8 Å². The van der Waals surface area contributed by atoms with Crippen molar-refractivity contribution in [1.82, 2.24) is 14.2 Å². The van der Waals surface area contributed by atoms with E-state index in [0.717, 1.165) is 0 Å². The van der Waals surface area contributed by atoms with E-state index in [9.17, 15) is 8.42 Å². The fourth-order valence-electron chi connectivity index (χ4n) is 3.12. The standard InChI is InChI=1S/C21H12N8O2S/c22-10-13-4-7-18-14(8-13)2-1-3-19(18)32(30,31)29-20(25)27-21(28-29)26-17-6-5-15(11-23)16(9-17)12-24/h1-9H,(H3,25,26,27,28). The number of nitrogens with zero attached hydrogens (tertiary/aromatic N) is 6. The Bertz CT molecular complexity index is 1620. The topological polar surface area (TPSA) is 174 Å². The van der Waals surface area contributed by atoms with Gasteiger partial charge in [0.1, 0.15) is 12.1 Å². The molecule has 0 aliphatic heterocycles. The van der Waals surface area contributed by atoms with E-state index in [1.54, 1.807) is 24.3 Å². The van der Waals surface area contributed by atoms with Crippen molar-refractivity contribution >= 4 is 38.4 Å². The highest BCUT2D eigenvalue weighted by atomic mass is 32.2. The Balaban J connectivity index is 1.75. The molecule has 11 heteroatoms. The molecule has 3 aromatic carbocycles. The van der Waals surface area contributed by atoms with Gasteiger partial charge >= 0.3 is 0 Å². The maximum atomic E-state index is 13.3. The molecule has 0 fully saturated rings. The predicted molar refractivity (Wildman–Crippen MR) is 115 cm³/mol. The lowest BCUT2D eigenvalue weighted by molar-refractivity contribution is 0.582. The second kappa shape index (κ2) is 7.73. The van der Waals surface area contributed by atoms with Crippen molar-refractivity contribution in [2.24, 2.45) is 0 Å². The van der Waals surface area contributed by atoms with Crippen molar-refractivity contribution in [3.8, 4) is 18.2 Å². The highest BCUT2D eigenvalue weighted by molar-refractivity contribution is 7.90. The maximum Gasteiger partial charge on any atom is 0.286 e. The van der Waals surface area contributed by atoms with Gasteiger partial charge in [-0.1, -0.05) is 18.2 Å². The summed E-state index contributed by atoms with van der Waals surface area (Å²) in [5, 5.41) is 35.0. The third-order valence-corrected chi connectivity index (χ3v) is 6.23. The van der Waals surface area contributed by atoms with E-state index in [2.05, 4.69) is 15.4 Å². The first kappa shape index (κ1) is 20.4. The smallest absolute Gasteiger partial charge is 0.286 e. The molecule has 32 heavy (non-hydrogen) atoms. The fraction of sp³-hybridized carbons (Fsp3) is 0. The number of hydrogen-bond acceptors (Lipinski definition) is 9. The van der Waals surface area contributed by atoms with Crippen LogP contribution in [0.15, 0.2) is 59.5 Å². The minimum absolute atomic E-state index is 0.0484. The Morgan fingerprint density at radius 2 is 1.72 bits per heavy atom. The van der Waals surface area contributed by atoms with Gasteiger partial charge in [0.15, 0.2) is 0 Å². The van der Waals surface area contributed by atoms with E-state index < -0.39 is 10.0 Å². The Hall–Kier alpha value is -4.92. The number of hydrogen-bond donors (Lipinski definition) is 2. The minimum Gasteiger partial charge on any atom is -0.367 e. The van der Waals surface area contributed by atoms with E-state index in [-0.39, 0.29) is 27.9 Å². The molecule has 0 radical (unpaired) electrons. The molecule has 154 valence electrons. The molecule has 1 aromatic heterocycles. The molecule has 0 aliphatic carbocycles. The average molecular weight is 440 g/mol. The second-order valence-corrected chi connectivity index (χ2v) is 8.29. The number of nitriles is 3. The Kier molecular flexibility index (Phi) is 4.91. The van der Waals surface area contributed by atoms with Crippen LogP contribution < -0.4 is 11.1 Å². The largest absolute Gasteiger partial charge is 0.367 e. The number of anilines is 3. The summed E-state index contributed by atoms with van der Waals surface area (Å²) in [4.78, 5) is 3.90. The van der Waals surface area contributed by atoms with Gasteiger partial charge in [-0.2, -0.15) is 29.2 Å². The van der Waals surface area contributed by atoms with Crippen molar-refractivity contribution < 1.29 is 8.42 Å². The van der Waals surface area contributed by atoms with Crippen LogP contribution in [0.2, 0.25) is 0 Å². The number of nitrogen functional groups attached to an aromatic ring is 1. The minimum atomic E-state index is -4.21. The van der Waals surface area contributed by atoms with Gasteiger partial charge in [0, 0.05) is 11.1 Å². The first-order valence-corrected chi connectivity index (χ1v) is 10.4. The molecule has 0 aliphatic rings. The molecule has 0 atom stereocenters. The fourth-order valence-corrected chi connectivity index (χ4v) is 4.50. The number of fused-ring (bicyclic) bond motifs is 1.